The quantitative estimate of drug-likeness (QED) is 0.246. The van der Waals surface area contributed by atoms with Crippen molar-refractivity contribution in [3.63, 3.8) is 0 Å². The predicted octanol–water partition coefficient (Wildman–Crippen LogP) is 6.31. The van der Waals surface area contributed by atoms with Gasteiger partial charge in [0, 0.05) is 11.6 Å². The van der Waals surface area contributed by atoms with E-state index in [-0.39, 0.29) is 0 Å². The molecule has 0 amide bonds. The lowest BCUT2D eigenvalue weighted by atomic mass is 10.0. The van der Waals surface area contributed by atoms with Crippen molar-refractivity contribution in [1.82, 2.24) is 9.97 Å². The van der Waals surface area contributed by atoms with Crippen LogP contribution < -0.4 is 4.74 Å². The summed E-state index contributed by atoms with van der Waals surface area (Å²) >= 11 is 0. The molecule has 2 rings (SSSR count). The van der Waals surface area contributed by atoms with Gasteiger partial charge in [-0.1, -0.05) is 82.7 Å². The summed E-state index contributed by atoms with van der Waals surface area (Å²) in [5, 5.41) is 0. The van der Waals surface area contributed by atoms with Crippen LogP contribution >= 0.6 is 0 Å². The van der Waals surface area contributed by atoms with Crippen LogP contribution in [0.15, 0.2) is 48.8 Å². The number of hydrogen-bond donors (Lipinski definition) is 0. The Balaban J connectivity index is 1.82. The molecule has 0 atom stereocenters. The molecular weight excluding hydrogens is 348 g/mol. The van der Waals surface area contributed by atoms with Gasteiger partial charge in [0.05, 0.1) is 12.4 Å². The molecule has 0 fully saturated rings. The van der Waals surface area contributed by atoms with Crippen LogP contribution in [-0.4, -0.2) is 15.9 Å². The van der Waals surface area contributed by atoms with Crippen molar-refractivity contribution < 1.29 is 9.53 Å². The average Bonchev–Trinajstić information content (AvgIpc) is 2.72. The van der Waals surface area contributed by atoms with Crippen LogP contribution in [0, 0.1) is 0 Å². The monoisotopic (exact) mass is 380 g/mol. The SMILES string of the molecule is CCCC=CC(=O)Oc1cnc(-c2ccc(CCCCCCCC)cc2)nc1. The van der Waals surface area contributed by atoms with Crippen molar-refractivity contribution in [1.29, 1.82) is 0 Å². The highest BCUT2D eigenvalue weighted by atomic mass is 16.5. The highest BCUT2D eigenvalue weighted by Crippen LogP contribution is 2.18. The first-order valence-electron chi connectivity index (χ1n) is 10.5. The number of unbranched alkanes of at least 4 members (excludes halogenated alkanes) is 6. The fourth-order valence-electron chi connectivity index (χ4n) is 2.94. The molecule has 0 aliphatic carbocycles. The van der Waals surface area contributed by atoms with Gasteiger partial charge < -0.3 is 4.74 Å². The van der Waals surface area contributed by atoms with E-state index in [1.165, 1.54) is 62.6 Å². The maximum absolute atomic E-state index is 11.7. The molecule has 4 nitrogen and oxygen atoms in total. The zero-order chi connectivity index (χ0) is 20.0. The highest BCUT2D eigenvalue weighted by molar-refractivity contribution is 5.83. The molecule has 0 saturated carbocycles. The van der Waals surface area contributed by atoms with E-state index in [2.05, 4.69) is 48.1 Å². The zero-order valence-electron chi connectivity index (χ0n) is 17.2. The van der Waals surface area contributed by atoms with Crippen LogP contribution in [0.5, 0.6) is 5.75 Å². The Labute approximate surface area is 169 Å². The number of aromatic nitrogens is 2. The van der Waals surface area contributed by atoms with Crippen molar-refractivity contribution in [3.8, 4) is 17.1 Å². The molecule has 28 heavy (non-hydrogen) atoms. The van der Waals surface area contributed by atoms with E-state index in [1.54, 1.807) is 0 Å². The van der Waals surface area contributed by atoms with Crippen LogP contribution in [0.1, 0.15) is 70.8 Å². The van der Waals surface area contributed by atoms with Gasteiger partial charge >= 0.3 is 5.97 Å². The molecule has 1 heterocycles. The normalized spacial score (nSPS) is 11.1. The third-order valence-corrected chi connectivity index (χ3v) is 4.59. The lowest BCUT2D eigenvalue weighted by Crippen LogP contribution is -2.04. The maximum Gasteiger partial charge on any atom is 0.335 e. The second-order valence-electron chi connectivity index (χ2n) is 7.07. The summed E-state index contributed by atoms with van der Waals surface area (Å²) < 4.78 is 5.20. The first-order chi connectivity index (χ1) is 13.7. The van der Waals surface area contributed by atoms with Crippen LogP contribution in [0.3, 0.4) is 0 Å². The molecule has 150 valence electrons. The topological polar surface area (TPSA) is 52.1 Å². The summed E-state index contributed by atoms with van der Waals surface area (Å²) in [6.07, 6.45) is 17.2. The van der Waals surface area contributed by atoms with Gasteiger partial charge in [0.1, 0.15) is 0 Å². The Morgan fingerprint density at radius 3 is 2.29 bits per heavy atom. The van der Waals surface area contributed by atoms with E-state index in [9.17, 15) is 4.79 Å². The van der Waals surface area contributed by atoms with Crippen LogP contribution in [-0.2, 0) is 11.2 Å². The fraction of sp³-hybridized carbons (Fsp3) is 0.458. The fourth-order valence-corrected chi connectivity index (χ4v) is 2.94. The number of rotatable bonds is 12. The predicted molar refractivity (Wildman–Crippen MR) is 114 cm³/mol. The molecular formula is C24H32N2O2. The Morgan fingerprint density at radius 1 is 0.929 bits per heavy atom. The minimum absolute atomic E-state index is 0.356. The molecule has 1 aromatic carbocycles. The van der Waals surface area contributed by atoms with Crippen LogP contribution in [0.25, 0.3) is 11.4 Å². The summed E-state index contributed by atoms with van der Waals surface area (Å²) in [6, 6.07) is 8.41. The molecule has 0 aliphatic rings. The van der Waals surface area contributed by atoms with Crippen LogP contribution in [0.2, 0.25) is 0 Å². The van der Waals surface area contributed by atoms with E-state index in [4.69, 9.17) is 4.74 Å². The molecule has 1 aromatic heterocycles. The third kappa shape index (κ3) is 8.03. The van der Waals surface area contributed by atoms with Crippen molar-refractivity contribution >= 4 is 5.97 Å². The van der Waals surface area contributed by atoms with Crippen molar-refractivity contribution in [2.75, 3.05) is 0 Å². The molecule has 0 bridgehead atoms. The summed E-state index contributed by atoms with van der Waals surface area (Å²) in [5.74, 6) is 0.589. The Hall–Kier alpha value is -2.49. The maximum atomic E-state index is 11.7. The molecule has 2 aromatic rings. The van der Waals surface area contributed by atoms with Gasteiger partial charge in [0.15, 0.2) is 11.6 Å². The van der Waals surface area contributed by atoms with E-state index >= 15 is 0 Å². The molecule has 0 radical (unpaired) electrons. The number of carbonyl (C=O) groups is 1. The number of hydrogen-bond acceptors (Lipinski definition) is 4. The smallest absolute Gasteiger partial charge is 0.335 e. The lowest BCUT2D eigenvalue weighted by Gasteiger charge is -2.05. The van der Waals surface area contributed by atoms with Crippen molar-refractivity contribution in [3.05, 3.63) is 54.4 Å². The zero-order valence-corrected chi connectivity index (χ0v) is 17.2. The molecule has 4 heteroatoms. The number of aryl methyl sites for hydroxylation is 1. The van der Waals surface area contributed by atoms with Gasteiger partial charge in [-0.25, -0.2) is 14.8 Å². The van der Waals surface area contributed by atoms with Gasteiger partial charge in [-0.05, 0) is 24.8 Å². The number of nitrogens with zero attached hydrogens (tertiary/aromatic N) is 2. The number of carbonyl (C=O) groups excluding carboxylic acids is 1. The van der Waals surface area contributed by atoms with Crippen molar-refractivity contribution in [2.24, 2.45) is 0 Å². The Kier molecular flexibility index (Phi) is 9.98. The molecule has 0 spiro atoms. The highest BCUT2D eigenvalue weighted by Gasteiger charge is 2.05. The Bertz CT molecular complexity index is 721. The molecule has 0 unspecified atom stereocenters. The number of ether oxygens (including phenoxy) is 1. The second-order valence-corrected chi connectivity index (χ2v) is 7.07. The molecule has 0 saturated heterocycles. The number of esters is 1. The molecule has 0 N–H and O–H groups in total. The minimum Gasteiger partial charge on any atom is -0.420 e. The van der Waals surface area contributed by atoms with Gasteiger partial charge in [-0.15, -0.1) is 0 Å². The largest absolute Gasteiger partial charge is 0.420 e. The standard InChI is InChI=1S/C24H32N2O2/c1-3-5-7-8-9-11-12-20-14-16-21(17-15-20)24-25-18-22(19-26-24)28-23(27)13-10-6-4-2/h10,13-19H,3-9,11-12H2,1-2H3. The summed E-state index contributed by atoms with van der Waals surface area (Å²) in [5.41, 5.74) is 2.32. The van der Waals surface area contributed by atoms with Crippen molar-refractivity contribution in [2.45, 2.75) is 71.6 Å². The van der Waals surface area contributed by atoms with E-state index in [0.717, 1.165) is 24.8 Å². The second kappa shape index (κ2) is 12.8. The van der Waals surface area contributed by atoms with E-state index in [1.807, 2.05) is 6.08 Å². The number of benzene rings is 1. The van der Waals surface area contributed by atoms with Gasteiger partial charge in [0.2, 0.25) is 0 Å². The lowest BCUT2D eigenvalue weighted by molar-refractivity contribution is -0.129. The summed E-state index contributed by atoms with van der Waals surface area (Å²) in [7, 11) is 0. The first kappa shape index (κ1) is 21.8. The summed E-state index contributed by atoms with van der Waals surface area (Å²) in [6.45, 7) is 4.31. The van der Waals surface area contributed by atoms with Gasteiger partial charge in [0.25, 0.3) is 0 Å². The number of allylic oxidation sites excluding steroid dienone is 1. The summed E-state index contributed by atoms with van der Waals surface area (Å²) in [4.78, 5) is 20.3. The van der Waals surface area contributed by atoms with Gasteiger partial charge in [-0.2, -0.15) is 0 Å². The Morgan fingerprint density at radius 2 is 1.61 bits per heavy atom. The third-order valence-electron chi connectivity index (χ3n) is 4.59. The molecule has 0 aliphatic heterocycles. The van der Waals surface area contributed by atoms with E-state index < -0.39 is 5.97 Å². The van der Waals surface area contributed by atoms with Crippen LogP contribution in [0.4, 0.5) is 0 Å². The minimum atomic E-state index is -0.399. The average molecular weight is 381 g/mol. The van der Waals surface area contributed by atoms with E-state index in [0.29, 0.717) is 11.6 Å². The first-order valence-corrected chi connectivity index (χ1v) is 10.5. The van der Waals surface area contributed by atoms with Gasteiger partial charge in [-0.3, -0.25) is 0 Å².